The largest absolute Gasteiger partial charge is 0.467 e. The predicted octanol–water partition coefficient (Wildman–Crippen LogP) is 3.94. The highest BCUT2D eigenvalue weighted by molar-refractivity contribution is 7.98. The molecule has 1 aliphatic heterocycles. The second-order valence-corrected chi connectivity index (χ2v) is 8.25. The predicted molar refractivity (Wildman–Crippen MR) is 120 cm³/mol. The molecule has 2 amide bonds. The lowest BCUT2D eigenvalue weighted by Gasteiger charge is -2.12. The number of benzene rings is 2. The van der Waals surface area contributed by atoms with Crippen LogP contribution in [0.25, 0.3) is 10.8 Å². The lowest BCUT2D eigenvalue weighted by molar-refractivity contribution is -0.122. The highest BCUT2D eigenvalue weighted by Crippen LogP contribution is 2.35. The number of hydrogen-bond acceptors (Lipinski definition) is 5. The summed E-state index contributed by atoms with van der Waals surface area (Å²) in [6, 6.07) is 17.0. The SMILES string of the molecule is O=C(Cn1nc2c(c1NC(=O)c1cccc3ccccc13)CSC2)NCc1ccco1. The van der Waals surface area contributed by atoms with Crippen molar-refractivity contribution >= 4 is 40.2 Å². The molecule has 0 atom stereocenters. The van der Waals surface area contributed by atoms with Gasteiger partial charge in [0.25, 0.3) is 5.91 Å². The molecule has 0 bridgehead atoms. The summed E-state index contributed by atoms with van der Waals surface area (Å²) in [6.07, 6.45) is 1.57. The number of amides is 2. The number of carbonyl (C=O) groups is 2. The van der Waals surface area contributed by atoms with Gasteiger partial charge in [-0.1, -0.05) is 36.4 Å². The Hall–Kier alpha value is -3.52. The van der Waals surface area contributed by atoms with Crippen LogP contribution in [0.3, 0.4) is 0 Å². The third-order valence-corrected chi connectivity index (χ3v) is 6.19. The molecule has 1 aliphatic rings. The Morgan fingerprint density at radius 1 is 1.06 bits per heavy atom. The minimum atomic E-state index is -0.214. The number of carbonyl (C=O) groups excluding carboxylic acids is 2. The molecule has 2 N–H and O–H groups in total. The molecule has 0 spiro atoms. The number of hydrogen-bond donors (Lipinski definition) is 2. The Morgan fingerprint density at radius 2 is 1.94 bits per heavy atom. The van der Waals surface area contributed by atoms with Crippen molar-refractivity contribution in [3.8, 4) is 0 Å². The Labute approximate surface area is 182 Å². The minimum Gasteiger partial charge on any atom is -0.467 e. The summed E-state index contributed by atoms with van der Waals surface area (Å²) in [7, 11) is 0. The maximum absolute atomic E-state index is 13.2. The van der Waals surface area contributed by atoms with Crippen molar-refractivity contribution in [2.45, 2.75) is 24.6 Å². The molecule has 8 heteroatoms. The normalized spacial score (nSPS) is 12.6. The van der Waals surface area contributed by atoms with E-state index in [4.69, 9.17) is 4.42 Å². The van der Waals surface area contributed by atoms with Gasteiger partial charge in [-0.15, -0.1) is 0 Å². The van der Waals surface area contributed by atoms with Gasteiger partial charge >= 0.3 is 0 Å². The van der Waals surface area contributed by atoms with E-state index in [-0.39, 0.29) is 18.4 Å². The fourth-order valence-corrected chi connectivity index (χ4v) is 4.74. The van der Waals surface area contributed by atoms with Gasteiger partial charge in [-0.3, -0.25) is 9.59 Å². The van der Waals surface area contributed by atoms with Gasteiger partial charge in [-0.2, -0.15) is 16.9 Å². The number of rotatable bonds is 6. The van der Waals surface area contributed by atoms with Crippen LogP contribution in [0.2, 0.25) is 0 Å². The van der Waals surface area contributed by atoms with E-state index in [0.29, 0.717) is 23.7 Å². The average Bonchev–Trinajstić information content (AvgIpc) is 3.52. The number of thioether (sulfide) groups is 1. The smallest absolute Gasteiger partial charge is 0.257 e. The first-order chi connectivity index (χ1) is 15.2. The molecule has 0 aliphatic carbocycles. The van der Waals surface area contributed by atoms with Gasteiger partial charge in [0.1, 0.15) is 18.1 Å². The zero-order chi connectivity index (χ0) is 21.2. The van der Waals surface area contributed by atoms with Crippen LogP contribution in [0.15, 0.2) is 65.3 Å². The summed E-state index contributed by atoms with van der Waals surface area (Å²) in [5.41, 5.74) is 2.49. The quantitative estimate of drug-likeness (QED) is 0.482. The lowest BCUT2D eigenvalue weighted by Crippen LogP contribution is -2.28. The highest BCUT2D eigenvalue weighted by Gasteiger charge is 2.25. The van der Waals surface area contributed by atoms with Gasteiger partial charge in [0.2, 0.25) is 5.91 Å². The molecular weight excluding hydrogens is 412 g/mol. The van der Waals surface area contributed by atoms with E-state index in [2.05, 4.69) is 15.7 Å². The third-order valence-electron chi connectivity index (χ3n) is 5.22. The molecule has 7 nitrogen and oxygen atoms in total. The first-order valence-corrected chi connectivity index (χ1v) is 11.1. The topological polar surface area (TPSA) is 89.2 Å². The Bertz CT molecular complexity index is 1260. The Kier molecular flexibility index (Phi) is 5.21. The fourth-order valence-electron chi connectivity index (χ4n) is 3.71. The Morgan fingerprint density at radius 3 is 2.81 bits per heavy atom. The van der Waals surface area contributed by atoms with Gasteiger partial charge in [-0.05, 0) is 29.0 Å². The van der Waals surface area contributed by atoms with Crippen molar-refractivity contribution in [1.29, 1.82) is 0 Å². The second kappa shape index (κ2) is 8.31. The molecular formula is C23H20N4O3S. The van der Waals surface area contributed by atoms with E-state index in [1.54, 1.807) is 34.8 Å². The molecule has 0 saturated carbocycles. The molecule has 0 fully saturated rings. The van der Waals surface area contributed by atoms with Crippen LogP contribution >= 0.6 is 11.8 Å². The molecule has 156 valence electrons. The van der Waals surface area contributed by atoms with E-state index in [1.165, 1.54) is 0 Å². The summed E-state index contributed by atoms with van der Waals surface area (Å²) >= 11 is 1.75. The molecule has 0 unspecified atom stereocenters. The summed E-state index contributed by atoms with van der Waals surface area (Å²) in [5, 5.41) is 12.3. The first-order valence-electron chi connectivity index (χ1n) is 9.93. The average molecular weight is 433 g/mol. The second-order valence-electron chi connectivity index (χ2n) is 7.26. The monoisotopic (exact) mass is 432 g/mol. The van der Waals surface area contributed by atoms with Gasteiger partial charge in [0, 0.05) is 22.6 Å². The molecule has 0 saturated heterocycles. The third kappa shape index (κ3) is 3.94. The summed E-state index contributed by atoms with van der Waals surface area (Å²) < 4.78 is 6.84. The molecule has 5 rings (SSSR count). The standard InChI is InChI=1S/C23H20N4O3S/c28-21(24-11-16-7-4-10-30-16)12-27-22(19-13-31-14-20(19)26-27)25-23(29)18-9-3-6-15-5-1-2-8-17(15)18/h1-10H,11-14H2,(H,24,28)(H,25,29). The molecule has 2 aromatic carbocycles. The van der Waals surface area contributed by atoms with Gasteiger partial charge < -0.3 is 15.1 Å². The molecule has 2 aromatic heterocycles. The van der Waals surface area contributed by atoms with E-state index in [0.717, 1.165) is 33.5 Å². The van der Waals surface area contributed by atoms with Crippen molar-refractivity contribution in [1.82, 2.24) is 15.1 Å². The van der Waals surface area contributed by atoms with Gasteiger partial charge in [-0.25, -0.2) is 4.68 Å². The maximum atomic E-state index is 13.2. The zero-order valence-electron chi connectivity index (χ0n) is 16.6. The van der Waals surface area contributed by atoms with E-state index in [9.17, 15) is 9.59 Å². The maximum Gasteiger partial charge on any atom is 0.257 e. The van der Waals surface area contributed by atoms with Gasteiger partial charge in [0.05, 0.1) is 18.5 Å². The van der Waals surface area contributed by atoms with Crippen molar-refractivity contribution in [3.63, 3.8) is 0 Å². The van der Waals surface area contributed by atoms with E-state index in [1.807, 2.05) is 42.5 Å². The van der Waals surface area contributed by atoms with Crippen molar-refractivity contribution < 1.29 is 14.0 Å². The summed E-state index contributed by atoms with van der Waals surface area (Å²) in [5.74, 6) is 2.38. The first kappa shape index (κ1) is 19.4. The molecule has 31 heavy (non-hydrogen) atoms. The summed E-state index contributed by atoms with van der Waals surface area (Å²) in [6.45, 7) is 0.323. The number of anilines is 1. The van der Waals surface area contributed by atoms with Crippen molar-refractivity contribution in [3.05, 3.63) is 83.4 Å². The van der Waals surface area contributed by atoms with Crippen LogP contribution < -0.4 is 10.6 Å². The van der Waals surface area contributed by atoms with Crippen molar-refractivity contribution in [2.75, 3.05) is 5.32 Å². The Balaban J connectivity index is 1.38. The van der Waals surface area contributed by atoms with E-state index >= 15 is 0 Å². The van der Waals surface area contributed by atoms with Crippen molar-refractivity contribution in [2.24, 2.45) is 0 Å². The highest BCUT2D eigenvalue weighted by atomic mass is 32.2. The van der Waals surface area contributed by atoms with Crippen LogP contribution in [0.1, 0.15) is 27.4 Å². The van der Waals surface area contributed by atoms with Crippen LogP contribution in [-0.2, 0) is 29.4 Å². The zero-order valence-corrected chi connectivity index (χ0v) is 17.4. The number of aromatic nitrogens is 2. The number of nitrogens with one attached hydrogen (secondary N) is 2. The number of nitrogens with zero attached hydrogens (tertiary/aromatic N) is 2. The number of fused-ring (bicyclic) bond motifs is 2. The number of furan rings is 1. The molecule has 3 heterocycles. The van der Waals surface area contributed by atoms with Crippen LogP contribution in [-0.4, -0.2) is 21.6 Å². The molecule has 0 radical (unpaired) electrons. The fraction of sp³-hybridized carbons (Fsp3) is 0.174. The van der Waals surface area contributed by atoms with Crippen LogP contribution in [0, 0.1) is 0 Å². The van der Waals surface area contributed by atoms with E-state index < -0.39 is 0 Å². The minimum absolute atomic E-state index is 0.0174. The van der Waals surface area contributed by atoms with Crippen LogP contribution in [0.4, 0.5) is 5.82 Å². The molecule has 4 aromatic rings. The van der Waals surface area contributed by atoms with Crippen LogP contribution in [0.5, 0.6) is 0 Å². The summed E-state index contributed by atoms with van der Waals surface area (Å²) in [4.78, 5) is 25.7. The van der Waals surface area contributed by atoms with Gasteiger partial charge in [0.15, 0.2) is 0 Å². The lowest BCUT2D eigenvalue weighted by atomic mass is 10.0.